The molecular weight excluding hydrogens is 783 g/mol. The fourth-order valence-corrected chi connectivity index (χ4v) is 5.27. The molecule has 0 unspecified atom stereocenters. The molecule has 0 saturated heterocycles. The smallest absolute Gasteiger partial charge is 0.415 e. The van der Waals surface area contributed by atoms with Crippen LogP contribution in [0.25, 0.3) is 34.2 Å². The van der Waals surface area contributed by atoms with Gasteiger partial charge in [-0.25, -0.2) is 0 Å². The molecular formula is C36H24F3N7Pt. The third-order valence-electron chi connectivity index (χ3n) is 7.38. The molecule has 4 aromatic heterocycles. The van der Waals surface area contributed by atoms with E-state index < -0.39 is 11.9 Å². The number of hydrogen-bond donors (Lipinski definition) is 0. The number of aromatic nitrogens is 6. The first-order valence-corrected chi connectivity index (χ1v) is 14.3. The molecule has 0 spiro atoms. The Morgan fingerprint density at radius 1 is 0.574 bits per heavy atom. The van der Waals surface area contributed by atoms with Crippen LogP contribution in [-0.4, -0.2) is 29.1 Å². The molecule has 234 valence electrons. The topological polar surface area (TPSA) is 64.7 Å². The Balaban J connectivity index is 0.00000386. The third-order valence-corrected chi connectivity index (χ3v) is 7.38. The minimum Gasteiger partial charge on any atom is -0.415 e. The zero-order chi connectivity index (χ0) is 31.7. The van der Waals surface area contributed by atoms with Crippen LogP contribution in [0.15, 0.2) is 127 Å². The standard InChI is InChI=1S/C36H24F3N7.Pt/c1-25-33(26-13-5-2-6-14-26)40-23-44(25)29-19-11-21-31(42-29)46(28-17-9-4-10-18-28)32-22-12-20-30(43-32)45-24-41-34(35(45)36(37,38)39)27-15-7-3-8-16-27;/h2-22H,1H3;/q-2;+2. The summed E-state index contributed by atoms with van der Waals surface area (Å²) in [7, 11) is 0. The summed E-state index contributed by atoms with van der Waals surface area (Å²) in [6.07, 6.45) is 0.860. The molecule has 11 heteroatoms. The molecule has 0 N–H and O–H groups in total. The molecule has 0 saturated carbocycles. The van der Waals surface area contributed by atoms with Crippen LogP contribution in [-0.2, 0) is 27.2 Å². The van der Waals surface area contributed by atoms with Gasteiger partial charge in [-0.1, -0.05) is 116 Å². The number of para-hydroxylation sites is 1. The summed E-state index contributed by atoms with van der Waals surface area (Å²) in [5.41, 5.74) is 2.45. The van der Waals surface area contributed by atoms with Gasteiger partial charge in [0.2, 0.25) is 0 Å². The number of halogens is 3. The van der Waals surface area contributed by atoms with Crippen molar-refractivity contribution < 1.29 is 34.2 Å². The summed E-state index contributed by atoms with van der Waals surface area (Å²) in [4.78, 5) is 20.0. The van der Waals surface area contributed by atoms with Gasteiger partial charge in [0.15, 0.2) is 0 Å². The van der Waals surface area contributed by atoms with Gasteiger partial charge in [-0.05, 0) is 46.8 Å². The number of nitrogens with zero attached hydrogens (tertiary/aromatic N) is 7. The third kappa shape index (κ3) is 6.24. The minimum absolute atomic E-state index is 0. The summed E-state index contributed by atoms with van der Waals surface area (Å²) in [6, 6.07) is 37.8. The van der Waals surface area contributed by atoms with Gasteiger partial charge in [0.05, 0.1) is 11.6 Å². The van der Waals surface area contributed by atoms with Crippen LogP contribution in [0.3, 0.4) is 0 Å². The van der Waals surface area contributed by atoms with Gasteiger partial charge in [0.1, 0.15) is 11.6 Å². The Bertz CT molecular complexity index is 2110. The predicted octanol–water partition coefficient (Wildman–Crippen LogP) is 8.58. The molecule has 0 bridgehead atoms. The molecule has 0 amide bonds. The Kier molecular flexibility index (Phi) is 8.87. The predicted molar refractivity (Wildman–Crippen MR) is 169 cm³/mol. The maximum Gasteiger partial charge on any atom is 2.00 e. The number of imidazole rings is 2. The molecule has 3 aromatic carbocycles. The van der Waals surface area contributed by atoms with Crippen molar-refractivity contribution in [3.63, 3.8) is 0 Å². The largest absolute Gasteiger partial charge is 2.00 e. The van der Waals surface area contributed by atoms with Gasteiger partial charge < -0.3 is 19.1 Å². The second-order valence-corrected chi connectivity index (χ2v) is 10.3. The van der Waals surface area contributed by atoms with Crippen LogP contribution in [0.2, 0.25) is 0 Å². The van der Waals surface area contributed by atoms with Crippen molar-refractivity contribution in [1.82, 2.24) is 29.1 Å². The SMILES string of the molecule is Cc1c(-c2ccccc2)n[c-]n1-c1cccc(N(c2ccccc2)c2cccc(-n3[c-]nc(-c4ccccc4)c3C(F)(F)F)n2)n1.[Pt+2]. The normalized spacial score (nSPS) is 11.2. The van der Waals surface area contributed by atoms with E-state index in [1.807, 2.05) is 85.8 Å². The van der Waals surface area contributed by atoms with Gasteiger partial charge in [-0.15, -0.1) is 0 Å². The Labute approximate surface area is 283 Å². The van der Waals surface area contributed by atoms with E-state index in [4.69, 9.17) is 9.97 Å². The van der Waals surface area contributed by atoms with E-state index in [2.05, 4.69) is 22.6 Å². The first-order valence-electron chi connectivity index (χ1n) is 14.3. The second-order valence-electron chi connectivity index (χ2n) is 10.3. The molecule has 47 heavy (non-hydrogen) atoms. The van der Waals surface area contributed by atoms with Crippen molar-refractivity contribution >= 4 is 17.3 Å². The van der Waals surface area contributed by atoms with Crippen LogP contribution >= 0.6 is 0 Å². The molecule has 7 aromatic rings. The van der Waals surface area contributed by atoms with Gasteiger partial charge in [0, 0.05) is 24.0 Å². The Morgan fingerprint density at radius 2 is 1.04 bits per heavy atom. The molecule has 4 heterocycles. The summed E-state index contributed by atoms with van der Waals surface area (Å²) in [6.45, 7) is 1.95. The average Bonchev–Trinajstić information content (AvgIpc) is 3.71. The quantitative estimate of drug-likeness (QED) is 0.151. The van der Waals surface area contributed by atoms with Gasteiger partial charge in [-0.2, -0.15) is 13.2 Å². The average molecular weight is 807 g/mol. The molecule has 0 radical (unpaired) electrons. The summed E-state index contributed by atoms with van der Waals surface area (Å²) < 4.78 is 46.2. The fraction of sp³-hybridized carbons (Fsp3) is 0.0556. The van der Waals surface area contributed by atoms with Crippen LogP contribution in [0, 0.1) is 19.6 Å². The number of anilines is 3. The molecule has 7 nitrogen and oxygen atoms in total. The van der Waals surface area contributed by atoms with Crippen molar-refractivity contribution in [1.29, 1.82) is 0 Å². The van der Waals surface area contributed by atoms with Crippen molar-refractivity contribution in [3.05, 3.63) is 151 Å². The van der Waals surface area contributed by atoms with E-state index in [1.165, 1.54) is 6.07 Å². The monoisotopic (exact) mass is 806 g/mol. The molecule has 0 aliphatic carbocycles. The van der Waals surface area contributed by atoms with Gasteiger partial charge in [0.25, 0.3) is 0 Å². The molecule has 7 rings (SSSR count). The van der Waals surface area contributed by atoms with E-state index in [0.717, 1.165) is 21.5 Å². The first kappa shape index (κ1) is 31.6. The molecule has 0 aliphatic rings. The van der Waals surface area contributed by atoms with E-state index in [9.17, 15) is 13.2 Å². The number of pyridine rings is 2. The van der Waals surface area contributed by atoms with Crippen molar-refractivity contribution in [3.8, 4) is 34.2 Å². The Hall–Kier alpha value is -5.34. The summed E-state index contributed by atoms with van der Waals surface area (Å²) in [5, 5.41) is 0. The maximum absolute atomic E-state index is 14.5. The van der Waals surface area contributed by atoms with Crippen molar-refractivity contribution in [2.75, 3.05) is 4.90 Å². The number of alkyl halides is 3. The van der Waals surface area contributed by atoms with E-state index in [0.29, 0.717) is 28.7 Å². The van der Waals surface area contributed by atoms with Gasteiger partial charge in [-0.3, -0.25) is 14.9 Å². The van der Waals surface area contributed by atoms with E-state index in [1.54, 1.807) is 51.9 Å². The first-order chi connectivity index (χ1) is 22.4. The zero-order valence-corrected chi connectivity index (χ0v) is 27.0. The second kappa shape index (κ2) is 13.2. The van der Waals surface area contributed by atoms with Crippen LogP contribution in [0.5, 0.6) is 0 Å². The van der Waals surface area contributed by atoms with Crippen LogP contribution in [0.1, 0.15) is 11.4 Å². The molecule has 0 atom stereocenters. The summed E-state index contributed by atoms with van der Waals surface area (Å²) >= 11 is 0. The zero-order valence-electron chi connectivity index (χ0n) is 24.7. The van der Waals surface area contributed by atoms with Gasteiger partial charge >= 0.3 is 27.2 Å². The van der Waals surface area contributed by atoms with Crippen molar-refractivity contribution in [2.45, 2.75) is 13.1 Å². The van der Waals surface area contributed by atoms with Crippen LogP contribution < -0.4 is 4.90 Å². The van der Waals surface area contributed by atoms with E-state index in [-0.39, 0.29) is 32.6 Å². The molecule has 0 aliphatic heterocycles. The molecule has 0 fully saturated rings. The summed E-state index contributed by atoms with van der Waals surface area (Å²) in [5.74, 6) is 1.41. The van der Waals surface area contributed by atoms with Crippen LogP contribution in [0.4, 0.5) is 30.5 Å². The van der Waals surface area contributed by atoms with Crippen molar-refractivity contribution in [2.24, 2.45) is 0 Å². The Morgan fingerprint density at radius 3 is 1.60 bits per heavy atom. The fourth-order valence-electron chi connectivity index (χ4n) is 5.27. The maximum atomic E-state index is 14.5. The number of hydrogen-bond acceptors (Lipinski definition) is 5. The van der Waals surface area contributed by atoms with E-state index >= 15 is 0 Å². The number of benzene rings is 3. The number of rotatable bonds is 7. The minimum atomic E-state index is -4.72.